The molecule has 17 heavy (non-hydrogen) atoms. The van der Waals surface area contributed by atoms with Gasteiger partial charge in [-0.15, -0.1) is 0 Å². The van der Waals surface area contributed by atoms with Gasteiger partial charge in [0, 0.05) is 6.07 Å². The van der Waals surface area contributed by atoms with Gasteiger partial charge >= 0.3 is 0 Å². The van der Waals surface area contributed by atoms with Crippen molar-refractivity contribution >= 4 is 0 Å². The van der Waals surface area contributed by atoms with Crippen LogP contribution in [0.25, 0.3) is 0 Å². The van der Waals surface area contributed by atoms with Crippen LogP contribution >= 0.6 is 0 Å². The lowest BCUT2D eigenvalue weighted by Crippen LogP contribution is -2.22. The van der Waals surface area contributed by atoms with Gasteiger partial charge in [0.15, 0.2) is 11.5 Å². The average molecular weight is 236 g/mol. The Bertz CT molecular complexity index is 387. The van der Waals surface area contributed by atoms with Gasteiger partial charge in [-0.05, 0) is 30.9 Å². The maximum atomic E-state index is 5.98. The molecule has 0 saturated heterocycles. The summed E-state index contributed by atoms with van der Waals surface area (Å²) >= 11 is 0. The molecule has 0 bridgehead atoms. The smallest absolute Gasteiger partial charge is 0.164 e. The lowest BCUT2D eigenvalue weighted by Gasteiger charge is -2.26. The third-order valence-electron chi connectivity index (χ3n) is 3.21. The number of benzene rings is 1. The van der Waals surface area contributed by atoms with Crippen LogP contribution in [0.4, 0.5) is 0 Å². The van der Waals surface area contributed by atoms with Crippen LogP contribution in [0.5, 0.6) is 17.2 Å². The maximum absolute atomic E-state index is 5.98. The molecule has 1 aromatic carbocycles. The topological polar surface area (TPSA) is 27.7 Å². The van der Waals surface area contributed by atoms with E-state index in [0.29, 0.717) is 6.10 Å². The summed E-state index contributed by atoms with van der Waals surface area (Å²) in [5, 5.41) is 0. The van der Waals surface area contributed by atoms with Gasteiger partial charge in [-0.2, -0.15) is 0 Å². The zero-order chi connectivity index (χ0) is 12.3. The fraction of sp³-hybridized carbons (Fsp3) is 0.571. The van der Waals surface area contributed by atoms with Crippen molar-refractivity contribution < 1.29 is 14.2 Å². The third-order valence-corrected chi connectivity index (χ3v) is 3.21. The Labute approximate surface area is 103 Å². The minimum Gasteiger partial charge on any atom is -0.493 e. The second kappa shape index (κ2) is 5.30. The normalized spacial score (nSPS) is 18.2. The van der Waals surface area contributed by atoms with E-state index >= 15 is 0 Å². The van der Waals surface area contributed by atoms with E-state index in [-0.39, 0.29) is 0 Å². The average Bonchev–Trinajstić information content (AvgIpc) is 2.37. The highest BCUT2D eigenvalue weighted by Crippen LogP contribution is 2.38. The molecule has 0 aromatic heterocycles. The largest absolute Gasteiger partial charge is 0.493 e. The molecule has 1 aromatic rings. The predicted octanol–water partition coefficient (Wildman–Crippen LogP) is 3.20. The van der Waals surface area contributed by atoms with Gasteiger partial charge in [-0.3, -0.25) is 0 Å². The summed E-state index contributed by atoms with van der Waals surface area (Å²) in [5.41, 5.74) is 1.22. The Kier molecular flexibility index (Phi) is 3.77. The van der Waals surface area contributed by atoms with Crippen molar-refractivity contribution in [1.82, 2.24) is 0 Å². The van der Waals surface area contributed by atoms with Crippen LogP contribution < -0.4 is 14.2 Å². The van der Waals surface area contributed by atoms with E-state index in [1.165, 1.54) is 5.56 Å². The molecule has 0 fully saturated rings. The summed E-state index contributed by atoms with van der Waals surface area (Å²) in [7, 11) is 3.31. The summed E-state index contributed by atoms with van der Waals surface area (Å²) < 4.78 is 16.6. The Balaban J connectivity index is 2.25. The number of hydrogen-bond acceptors (Lipinski definition) is 3. The van der Waals surface area contributed by atoms with E-state index in [9.17, 15) is 0 Å². The molecule has 0 aliphatic carbocycles. The van der Waals surface area contributed by atoms with Gasteiger partial charge in [-0.25, -0.2) is 0 Å². The fourth-order valence-corrected chi connectivity index (χ4v) is 2.29. The molecule has 0 spiro atoms. The molecule has 0 saturated carbocycles. The highest BCUT2D eigenvalue weighted by Gasteiger charge is 2.21. The van der Waals surface area contributed by atoms with Crippen molar-refractivity contribution in [3.63, 3.8) is 0 Å². The molecule has 1 unspecified atom stereocenters. The van der Waals surface area contributed by atoms with E-state index in [4.69, 9.17) is 14.2 Å². The summed E-state index contributed by atoms with van der Waals surface area (Å²) in [6.45, 7) is 2.19. The molecule has 1 aliphatic rings. The molecule has 0 N–H and O–H groups in total. The summed E-state index contributed by atoms with van der Waals surface area (Å²) in [6, 6.07) is 3.96. The van der Waals surface area contributed by atoms with E-state index in [1.54, 1.807) is 14.2 Å². The van der Waals surface area contributed by atoms with Gasteiger partial charge in [0.2, 0.25) is 0 Å². The van der Waals surface area contributed by atoms with Gasteiger partial charge in [-0.1, -0.05) is 13.3 Å². The number of rotatable bonds is 4. The van der Waals surface area contributed by atoms with Crippen molar-refractivity contribution in [2.24, 2.45) is 0 Å². The maximum Gasteiger partial charge on any atom is 0.164 e. The lowest BCUT2D eigenvalue weighted by molar-refractivity contribution is 0.162. The molecule has 0 radical (unpaired) electrons. The number of hydrogen-bond donors (Lipinski definition) is 0. The second-order valence-corrected chi connectivity index (χ2v) is 4.38. The molecule has 3 nitrogen and oxygen atoms in total. The lowest BCUT2D eigenvalue weighted by atomic mass is 9.99. The first-order valence-corrected chi connectivity index (χ1v) is 6.20. The van der Waals surface area contributed by atoms with E-state index < -0.39 is 0 Å². The van der Waals surface area contributed by atoms with Crippen LogP contribution in [-0.2, 0) is 6.42 Å². The Morgan fingerprint density at radius 3 is 2.59 bits per heavy atom. The van der Waals surface area contributed by atoms with E-state index in [2.05, 4.69) is 6.92 Å². The van der Waals surface area contributed by atoms with Gasteiger partial charge in [0.05, 0.1) is 20.3 Å². The zero-order valence-corrected chi connectivity index (χ0v) is 10.8. The summed E-state index contributed by atoms with van der Waals surface area (Å²) in [6.07, 6.45) is 4.78. The van der Waals surface area contributed by atoms with Crippen LogP contribution in [-0.4, -0.2) is 20.3 Å². The number of methoxy groups -OCH3 is 2. The monoisotopic (exact) mass is 236 g/mol. The zero-order valence-electron chi connectivity index (χ0n) is 10.8. The molecule has 94 valence electrons. The van der Waals surface area contributed by atoms with Crippen LogP contribution in [0.1, 0.15) is 31.7 Å². The summed E-state index contributed by atoms with van der Waals surface area (Å²) in [4.78, 5) is 0. The van der Waals surface area contributed by atoms with Crippen LogP contribution in [0, 0.1) is 0 Å². The van der Waals surface area contributed by atoms with Crippen molar-refractivity contribution in [3.8, 4) is 17.2 Å². The second-order valence-electron chi connectivity index (χ2n) is 4.38. The van der Waals surface area contributed by atoms with Crippen molar-refractivity contribution in [3.05, 3.63) is 17.7 Å². The van der Waals surface area contributed by atoms with E-state index in [0.717, 1.165) is 42.9 Å². The van der Waals surface area contributed by atoms with Crippen LogP contribution in [0.15, 0.2) is 12.1 Å². The van der Waals surface area contributed by atoms with E-state index in [1.807, 2.05) is 12.1 Å². The van der Waals surface area contributed by atoms with Crippen molar-refractivity contribution in [2.75, 3.05) is 14.2 Å². The number of fused-ring (bicyclic) bond motifs is 1. The Hall–Kier alpha value is -1.38. The number of ether oxygens (including phenoxy) is 3. The summed E-state index contributed by atoms with van der Waals surface area (Å²) in [5.74, 6) is 2.47. The fourth-order valence-electron chi connectivity index (χ4n) is 2.29. The molecule has 1 atom stereocenters. The van der Waals surface area contributed by atoms with Crippen molar-refractivity contribution in [1.29, 1.82) is 0 Å². The van der Waals surface area contributed by atoms with Gasteiger partial charge < -0.3 is 14.2 Å². The standard InChI is InChI=1S/C14H20O3/c1-4-5-11-7-6-10-8-13(15-2)14(16-3)9-12(10)17-11/h8-9,11H,4-7H2,1-3H3. The molecule has 2 rings (SSSR count). The molecule has 3 heteroatoms. The Morgan fingerprint density at radius 2 is 1.94 bits per heavy atom. The third kappa shape index (κ3) is 2.48. The van der Waals surface area contributed by atoms with Crippen LogP contribution in [0.3, 0.4) is 0 Å². The van der Waals surface area contributed by atoms with Gasteiger partial charge in [0.25, 0.3) is 0 Å². The molecule has 0 amide bonds. The first-order valence-electron chi connectivity index (χ1n) is 6.20. The molecular weight excluding hydrogens is 216 g/mol. The quantitative estimate of drug-likeness (QED) is 0.803. The highest BCUT2D eigenvalue weighted by atomic mass is 16.5. The molecule has 1 heterocycles. The SMILES string of the molecule is CCCC1CCc2cc(OC)c(OC)cc2O1. The number of aryl methyl sites for hydroxylation is 1. The van der Waals surface area contributed by atoms with Crippen molar-refractivity contribution in [2.45, 2.75) is 38.7 Å². The first-order chi connectivity index (χ1) is 8.28. The van der Waals surface area contributed by atoms with Crippen LogP contribution in [0.2, 0.25) is 0 Å². The molecule has 1 aliphatic heterocycles. The van der Waals surface area contributed by atoms with Gasteiger partial charge in [0.1, 0.15) is 5.75 Å². The molecular formula is C14H20O3. The minimum absolute atomic E-state index is 0.352. The highest BCUT2D eigenvalue weighted by molar-refractivity contribution is 5.51. The minimum atomic E-state index is 0.352. The predicted molar refractivity (Wildman–Crippen MR) is 67.2 cm³/mol. The Morgan fingerprint density at radius 1 is 1.24 bits per heavy atom. The first kappa shape index (κ1) is 12.1.